The van der Waals surface area contributed by atoms with Crippen molar-refractivity contribution in [2.45, 2.75) is 25.6 Å². The van der Waals surface area contributed by atoms with E-state index in [1.54, 1.807) is 0 Å². The summed E-state index contributed by atoms with van der Waals surface area (Å²) in [6, 6.07) is 0.00787. The minimum absolute atomic E-state index is 0.00787. The molecule has 0 amide bonds. The summed E-state index contributed by atoms with van der Waals surface area (Å²) < 4.78 is 36.2. The van der Waals surface area contributed by atoms with Crippen LogP contribution >= 0.6 is 0 Å². The van der Waals surface area contributed by atoms with Gasteiger partial charge < -0.3 is 0 Å². The summed E-state index contributed by atoms with van der Waals surface area (Å²) in [7, 11) is 0. The minimum atomic E-state index is -0.935. The molecule has 0 nitrogen and oxygen atoms in total. The average molecular weight is 87.2 g/mol. The molecule has 0 aromatic heterocycles. The lowest BCUT2D eigenvalue weighted by Crippen LogP contribution is -1.77. The van der Waals surface area contributed by atoms with Gasteiger partial charge in [0.15, 0.2) is 0 Å². The lowest BCUT2D eigenvalue weighted by molar-refractivity contribution is 0.730. The zero-order chi connectivity index (χ0) is 8.59. The van der Waals surface area contributed by atoms with Crippen LogP contribution in [0.1, 0.15) is 32.4 Å². The topological polar surface area (TPSA) is 0 Å². The first-order valence-electron chi connectivity index (χ1n) is 4.72. The van der Waals surface area contributed by atoms with E-state index in [9.17, 15) is 0 Å². The summed E-state index contributed by atoms with van der Waals surface area (Å²) in [5.41, 5.74) is 0. The first-order chi connectivity index (χ1) is 5.04. The fourth-order valence-electron chi connectivity index (χ4n) is 0.342. The van der Waals surface area contributed by atoms with Crippen molar-refractivity contribution in [2.24, 2.45) is 0 Å². The summed E-state index contributed by atoms with van der Waals surface area (Å²) >= 11 is 0. The van der Waals surface area contributed by atoms with Crippen LogP contribution in [0.25, 0.3) is 0 Å². The maximum absolute atomic E-state index is 7.29. The first-order valence-corrected chi connectivity index (χ1v) is 1.91. The van der Waals surface area contributed by atoms with Crippen LogP contribution in [0.2, 0.25) is 0 Å². The minimum Gasteiger partial charge on any atom is -0.0885 e. The molecule has 0 aromatic rings. The third-order valence-electron chi connectivity index (χ3n) is 0.607. The molecule has 0 aliphatic heterocycles. The van der Waals surface area contributed by atoms with Crippen molar-refractivity contribution in [3.05, 3.63) is 12.1 Å². The van der Waals surface area contributed by atoms with Crippen LogP contribution in [0.15, 0.2) is 12.1 Å². The van der Waals surface area contributed by atoms with Crippen LogP contribution in [0, 0.1) is 0 Å². The second kappa shape index (κ2) is 2.01. The van der Waals surface area contributed by atoms with Gasteiger partial charge in [-0.05, 0) is 25.6 Å². The summed E-state index contributed by atoms with van der Waals surface area (Å²) in [5, 5.41) is 0. The van der Waals surface area contributed by atoms with E-state index in [1.165, 1.54) is 6.08 Å². The molecule has 0 N–H and O–H groups in total. The smallest absolute Gasteiger partial charge is 0.0572 e. The molecule has 0 radical (unpaired) electrons. The highest BCUT2D eigenvalue weighted by Gasteiger charge is 1.87. The first kappa shape index (κ1) is 1.12. The number of hydrogen-bond acceptors (Lipinski definition) is 0. The largest absolute Gasteiger partial charge is 0.0885 e. The van der Waals surface area contributed by atoms with E-state index in [0.717, 1.165) is 0 Å². The third kappa shape index (κ3) is 0.852. The van der Waals surface area contributed by atoms with Gasteiger partial charge in [-0.15, -0.1) is 0 Å². The molecule has 0 aromatic carbocycles. The summed E-state index contributed by atoms with van der Waals surface area (Å²) in [5.74, 6) is 0. The molecule has 34 valence electrons. The van der Waals surface area contributed by atoms with Crippen molar-refractivity contribution in [3.63, 3.8) is 0 Å². The van der Waals surface area contributed by atoms with Gasteiger partial charge in [0.2, 0.25) is 0 Å². The van der Waals surface area contributed by atoms with Crippen molar-refractivity contribution in [1.29, 1.82) is 0 Å². The van der Waals surface area contributed by atoms with Crippen molar-refractivity contribution < 1.29 is 6.85 Å². The van der Waals surface area contributed by atoms with E-state index >= 15 is 0 Å². The van der Waals surface area contributed by atoms with Gasteiger partial charge in [-0.25, -0.2) is 0 Å². The Morgan fingerprint density at radius 3 is 3.33 bits per heavy atom. The molecule has 1 aliphatic carbocycles. The Morgan fingerprint density at radius 2 is 2.33 bits per heavy atom. The molecule has 4 unspecified atom stereocenters. The van der Waals surface area contributed by atoms with Gasteiger partial charge in [-0.1, -0.05) is 12.1 Å². The average Bonchev–Trinajstić information content (AvgIpc) is 1.97. The van der Waals surface area contributed by atoms with Gasteiger partial charge in [-0.3, -0.25) is 0 Å². The zero-order valence-electron chi connectivity index (χ0n) is 8.39. The predicted octanol–water partition coefficient (Wildman–Crippen LogP) is 2.12. The molecule has 4 atom stereocenters. The lowest BCUT2D eigenvalue weighted by Gasteiger charge is -1.97. The fourth-order valence-corrected chi connectivity index (χ4v) is 0.342. The Balaban J connectivity index is 2.83. The van der Waals surface area contributed by atoms with Gasteiger partial charge in [0, 0.05) is 5.48 Å². The second-order valence-corrected chi connectivity index (χ2v) is 1.08. The van der Waals surface area contributed by atoms with Crippen LogP contribution < -0.4 is 0 Å². The van der Waals surface area contributed by atoms with Crippen LogP contribution in [-0.4, -0.2) is 0 Å². The summed E-state index contributed by atoms with van der Waals surface area (Å²) in [6.07, 6.45) is -2.26. The van der Waals surface area contributed by atoms with Gasteiger partial charge in [-0.2, -0.15) is 0 Å². The molecule has 0 heteroatoms. The van der Waals surface area contributed by atoms with Crippen LogP contribution in [0.4, 0.5) is 0 Å². The Hall–Kier alpha value is -0.260. The highest BCUT2D eigenvalue weighted by molar-refractivity contribution is 4.85. The quantitative estimate of drug-likeness (QED) is 0.397. The molecule has 0 saturated carbocycles. The van der Waals surface area contributed by atoms with E-state index in [0.29, 0.717) is 0 Å². The van der Waals surface area contributed by atoms with Gasteiger partial charge in [0.05, 0.1) is 1.37 Å². The van der Waals surface area contributed by atoms with Crippen LogP contribution in [0.5, 0.6) is 0 Å². The molecular formula is C6H10. The normalized spacial score (nSPS) is 84.0. The molecule has 0 saturated heterocycles. The third-order valence-corrected chi connectivity index (χ3v) is 0.607. The predicted molar refractivity (Wildman–Crippen MR) is 27.6 cm³/mol. The van der Waals surface area contributed by atoms with Crippen LogP contribution in [0.3, 0.4) is 0 Å². The molecule has 0 spiro atoms. The summed E-state index contributed by atoms with van der Waals surface area (Å²) in [4.78, 5) is 0. The van der Waals surface area contributed by atoms with Gasteiger partial charge in [0.25, 0.3) is 0 Å². The molecule has 0 bridgehead atoms. The van der Waals surface area contributed by atoms with Crippen molar-refractivity contribution in [2.75, 3.05) is 0 Å². The second-order valence-electron chi connectivity index (χ2n) is 1.08. The molecule has 0 heterocycles. The Morgan fingerprint density at radius 1 is 1.50 bits per heavy atom. The zero-order valence-corrected chi connectivity index (χ0v) is 3.39. The molecule has 6 heavy (non-hydrogen) atoms. The molecule has 1 aliphatic rings. The van der Waals surface area contributed by atoms with E-state index in [-0.39, 0.29) is 6.05 Å². The Kier molecular flexibility index (Phi) is 0.375. The van der Waals surface area contributed by atoms with Crippen molar-refractivity contribution >= 4 is 0 Å². The molecular weight excluding hydrogens is 72.1 g/mol. The van der Waals surface area contributed by atoms with Crippen molar-refractivity contribution in [3.8, 4) is 0 Å². The fraction of sp³-hybridized carbons (Fsp3) is 0.667. The number of allylic oxidation sites excluding steroid dienone is 2. The molecule has 0 fully saturated rings. The Labute approximate surface area is 45.9 Å². The van der Waals surface area contributed by atoms with Gasteiger partial charge >= 0.3 is 0 Å². The highest BCUT2D eigenvalue weighted by atomic mass is 13.9. The van der Waals surface area contributed by atoms with E-state index in [1.807, 2.05) is 0 Å². The summed E-state index contributed by atoms with van der Waals surface area (Å²) in [6.45, 7) is 0. The van der Waals surface area contributed by atoms with Gasteiger partial charge in [0.1, 0.15) is 0 Å². The Bertz CT molecular complexity index is 178. The van der Waals surface area contributed by atoms with E-state index in [4.69, 9.17) is 6.85 Å². The molecule has 1 rings (SSSR count). The highest BCUT2D eigenvalue weighted by Crippen LogP contribution is 2.07. The monoisotopic (exact) mass is 87.1 g/mol. The van der Waals surface area contributed by atoms with Crippen LogP contribution in [-0.2, 0) is 0 Å². The maximum atomic E-state index is 7.29. The van der Waals surface area contributed by atoms with E-state index < -0.39 is 25.6 Å². The number of hydrogen-bond donors (Lipinski definition) is 0. The number of rotatable bonds is 0. The van der Waals surface area contributed by atoms with E-state index in [2.05, 4.69) is 0 Å². The SMILES string of the molecule is [2H]C1=CC([2H])C([2H])C([2H])C1[2H]. The standard InChI is InChI=1S/C6H10/c1-2-4-6-5-3-1/h1-2H,3-6H2/i1D,3D,4D,5D,6D. The van der Waals surface area contributed by atoms with Crippen molar-refractivity contribution in [1.82, 2.24) is 0 Å². The maximum Gasteiger partial charge on any atom is 0.0572 e. The lowest BCUT2D eigenvalue weighted by atomic mass is 10.1.